The van der Waals surface area contributed by atoms with Crippen LogP contribution in [0.4, 0.5) is 0 Å². The number of hydrogen-bond donors (Lipinski definition) is 0. The minimum atomic E-state index is -0.797. The summed E-state index contributed by atoms with van der Waals surface area (Å²) in [6, 6.07) is 0. The number of ether oxygens (including phenoxy) is 1. The van der Waals surface area contributed by atoms with E-state index in [1.54, 1.807) is 28.0 Å². The topological polar surface area (TPSA) is 56.3 Å². The van der Waals surface area contributed by atoms with Crippen molar-refractivity contribution < 1.29 is 14.3 Å². The fraction of sp³-hybridized carbons (Fsp3) is 0.286. The molecule has 1 aromatic rings. The number of carbonyl (C=O) groups is 2. The van der Waals surface area contributed by atoms with Crippen LogP contribution in [0.3, 0.4) is 0 Å². The number of ketones is 1. The quantitative estimate of drug-likeness (QED) is 0.278. The van der Waals surface area contributed by atoms with Crippen LogP contribution in [0.5, 0.6) is 0 Å². The van der Waals surface area contributed by atoms with Crippen molar-refractivity contribution in [2.45, 2.75) is 3.92 Å². The first-order valence-corrected chi connectivity index (χ1v) is 5.45. The molecule has 0 saturated carbocycles. The van der Waals surface area contributed by atoms with E-state index in [1.165, 1.54) is 24.6 Å². The second-order valence-corrected chi connectivity index (χ2v) is 4.23. The van der Waals surface area contributed by atoms with Gasteiger partial charge in [0.1, 0.15) is 0 Å². The molecule has 0 aliphatic carbocycles. The molecule has 0 amide bonds. The van der Waals surface area contributed by atoms with Gasteiger partial charge in [0, 0.05) is 11.6 Å². The van der Waals surface area contributed by atoms with E-state index in [9.17, 15) is 9.59 Å². The van der Waals surface area contributed by atoms with Crippen molar-refractivity contribution >= 4 is 45.7 Å². The molecule has 0 fully saturated rings. The lowest BCUT2D eigenvalue weighted by atomic mass is 10.3. The van der Waals surface area contributed by atoms with Gasteiger partial charge in [-0.3, -0.25) is 9.59 Å². The van der Waals surface area contributed by atoms with Gasteiger partial charge in [-0.15, -0.1) is 11.3 Å². The second kappa shape index (κ2) is 4.66. The fourth-order valence-electron chi connectivity index (χ4n) is 0.664. The third-order valence-corrected chi connectivity index (χ3v) is 3.14. The number of nitrogens with zero attached hydrogens (tertiary/aromatic N) is 1. The molecule has 0 bridgehead atoms. The number of esters is 1. The molecule has 0 saturated heterocycles. The van der Waals surface area contributed by atoms with Crippen LogP contribution in [0.2, 0.25) is 0 Å². The Morgan fingerprint density at radius 3 is 2.85 bits per heavy atom. The molecule has 0 aliphatic rings. The Hall–Kier alpha value is -0.500. The summed E-state index contributed by atoms with van der Waals surface area (Å²) in [5, 5.41) is 2.03. The molecule has 1 atom stereocenters. The minimum Gasteiger partial charge on any atom is -0.468 e. The van der Waals surface area contributed by atoms with Crippen molar-refractivity contribution in [3.63, 3.8) is 0 Å². The van der Waals surface area contributed by atoms with E-state index in [1.807, 2.05) is 0 Å². The maximum Gasteiger partial charge on any atom is 0.326 e. The predicted molar refractivity (Wildman–Crippen MR) is 56.3 cm³/mol. The van der Waals surface area contributed by atoms with E-state index in [-0.39, 0.29) is 5.78 Å². The SMILES string of the molecule is COC(=O)C(I)C(=O)c1nccs1. The van der Waals surface area contributed by atoms with Crippen LogP contribution < -0.4 is 0 Å². The van der Waals surface area contributed by atoms with E-state index < -0.39 is 9.89 Å². The van der Waals surface area contributed by atoms with E-state index in [4.69, 9.17) is 0 Å². The second-order valence-electron chi connectivity index (χ2n) is 2.09. The summed E-state index contributed by atoms with van der Waals surface area (Å²) in [4.78, 5) is 26.2. The lowest BCUT2D eigenvalue weighted by Gasteiger charge is -2.03. The van der Waals surface area contributed by atoms with Crippen molar-refractivity contribution in [3.05, 3.63) is 16.6 Å². The monoisotopic (exact) mass is 311 g/mol. The van der Waals surface area contributed by atoms with Crippen molar-refractivity contribution in [1.29, 1.82) is 0 Å². The van der Waals surface area contributed by atoms with Gasteiger partial charge in [0.05, 0.1) is 7.11 Å². The number of hydrogen-bond acceptors (Lipinski definition) is 5. The molecule has 70 valence electrons. The van der Waals surface area contributed by atoms with Crippen LogP contribution in [-0.4, -0.2) is 27.8 Å². The Balaban J connectivity index is 2.74. The molecule has 6 heteroatoms. The fourth-order valence-corrected chi connectivity index (χ4v) is 2.03. The molecule has 13 heavy (non-hydrogen) atoms. The average molecular weight is 311 g/mol. The number of halogens is 1. The molecule has 1 unspecified atom stereocenters. The van der Waals surface area contributed by atoms with Gasteiger partial charge in [0.15, 0.2) is 8.93 Å². The van der Waals surface area contributed by atoms with Gasteiger partial charge in [-0.2, -0.15) is 0 Å². The maximum atomic E-state index is 11.4. The molecule has 0 radical (unpaired) electrons. The Morgan fingerprint density at radius 1 is 1.69 bits per heavy atom. The molecule has 0 aromatic carbocycles. The summed E-state index contributed by atoms with van der Waals surface area (Å²) in [5.74, 6) is -0.844. The number of aromatic nitrogens is 1. The van der Waals surface area contributed by atoms with Crippen molar-refractivity contribution in [2.75, 3.05) is 7.11 Å². The standard InChI is InChI=1S/C7H6INO3S/c1-12-7(11)4(8)5(10)6-9-2-3-13-6/h2-4H,1H3. The first-order chi connectivity index (χ1) is 6.16. The molecule has 1 aromatic heterocycles. The molecule has 4 nitrogen and oxygen atoms in total. The van der Waals surface area contributed by atoms with E-state index in [0.29, 0.717) is 5.01 Å². The first-order valence-electron chi connectivity index (χ1n) is 3.32. The Morgan fingerprint density at radius 2 is 2.38 bits per heavy atom. The molecule has 0 N–H and O–H groups in total. The zero-order valence-corrected chi connectivity index (χ0v) is 9.66. The van der Waals surface area contributed by atoms with Gasteiger partial charge in [-0.25, -0.2) is 4.98 Å². The Kier molecular flexibility index (Phi) is 3.79. The molecule has 1 heterocycles. The van der Waals surface area contributed by atoms with Gasteiger partial charge >= 0.3 is 5.97 Å². The number of carbonyl (C=O) groups excluding carboxylic acids is 2. The highest BCUT2D eigenvalue weighted by molar-refractivity contribution is 14.1. The highest BCUT2D eigenvalue weighted by Crippen LogP contribution is 2.14. The number of rotatable bonds is 3. The molecule has 0 aliphatic heterocycles. The van der Waals surface area contributed by atoms with Crippen LogP contribution >= 0.6 is 33.9 Å². The zero-order valence-electron chi connectivity index (χ0n) is 6.69. The number of methoxy groups -OCH3 is 1. The molecule has 0 spiro atoms. The van der Waals surface area contributed by atoms with Gasteiger partial charge in [0.25, 0.3) is 0 Å². The Bertz CT molecular complexity index is 312. The summed E-state index contributed by atoms with van der Waals surface area (Å²) in [5.41, 5.74) is 0. The third-order valence-electron chi connectivity index (χ3n) is 1.28. The van der Waals surface area contributed by atoms with E-state index in [0.717, 1.165) is 0 Å². The summed E-state index contributed by atoms with van der Waals surface area (Å²) < 4.78 is 3.64. The predicted octanol–water partition coefficient (Wildman–Crippen LogP) is 1.30. The van der Waals surface area contributed by atoms with Crippen LogP contribution in [0.25, 0.3) is 0 Å². The lowest BCUT2D eigenvalue weighted by Crippen LogP contribution is -2.25. The normalized spacial score (nSPS) is 12.2. The smallest absolute Gasteiger partial charge is 0.326 e. The molecular formula is C7H6INO3S. The average Bonchev–Trinajstić information content (AvgIpc) is 2.67. The zero-order chi connectivity index (χ0) is 9.84. The van der Waals surface area contributed by atoms with E-state index >= 15 is 0 Å². The molecular weight excluding hydrogens is 305 g/mol. The Labute approximate surface area is 92.4 Å². The van der Waals surface area contributed by atoms with Crippen LogP contribution in [-0.2, 0) is 9.53 Å². The molecule has 1 rings (SSSR count). The van der Waals surface area contributed by atoms with Gasteiger partial charge in [0.2, 0.25) is 5.78 Å². The highest BCUT2D eigenvalue weighted by atomic mass is 127. The first kappa shape index (κ1) is 10.6. The number of alkyl halides is 1. The number of thiazole rings is 1. The van der Waals surface area contributed by atoms with Crippen LogP contribution in [0, 0.1) is 0 Å². The van der Waals surface area contributed by atoms with Gasteiger partial charge in [-0.05, 0) is 0 Å². The van der Waals surface area contributed by atoms with Crippen LogP contribution in [0.15, 0.2) is 11.6 Å². The summed E-state index contributed by atoms with van der Waals surface area (Å²) in [6.07, 6.45) is 1.53. The largest absolute Gasteiger partial charge is 0.468 e. The van der Waals surface area contributed by atoms with Crippen molar-refractivity contribution in [2.24, 2.45) is 0 Å². The van der Waals surface area contributed by atoms with Gasteiger partial charge < -0.3 is 4.74 Å². The van der Waals surface area contributed by atoms with Crippen LogP contribution in [0.1, 0.15) is 9.80 Å². The summed E-state index contributed by atoms with van der Waals surface area (Å²) in [7, 11) is 1.25. The summed E-state index contributed by atoms with van der Waals surface area (Å²) >= 11 is 2.95. The third kappa shape index (κ3) is 2.47. The number of Topliss-reactive ketones (excluding diaryl/α,β-unsaturated/α-hetero) is 1. The highest BCUT2D eigenvalue weighted by Gasteiger charge is 2.26. The van der Waals surface area contributed by atoms with Gasteiger partial charge in [-0.1, -0.05) is 22.6 Å². The lowest BCUT2D eigenvalue weighted by molar-refractivity contribution is -0.138. The minimum absolute atomic E-state index is 0.303. The van der Waals surface area contributed by atoms with Crippen molar-refractivity contribution in [3.8, 4) is 0 Å². The maximum absolute atomic E-state index is 11.4. The van der Waals surface area contributed by atoms with Crippen molar-refractivity contribution in [1.82, 2.24) is 4.98 Å². The van der Waals surface area contributed by atoms with E-state index in [2.05, 4.69) is 9.72 Å². The summed E-state index contributed by atoms with van der Waals surface area (Å²) in [6.45, 7) is 0.